The van der Waals surface area contributed by atoms with Crippen LogP contribution in [-0.4, -0.2) is 24.2 Å². The highest BCUT2D eigenvalue weighted by Crippen LogP contribution is 2.44. The molecule has 0 spiro atoms. The molecule has 1 N–H and O–H groups in total. The van der Waals surface area contributed by atoms with Gasteiger partial charge in [0.25, 0.3) is 0 Å². The molecule has 0 atom stereocenters. The number of nitrogens with one attached hydrogen (secondary N) is 1. The third kappa shape index (κ3) is 4.96. The number of thioether (sulfide) groups is 1. The van der Waals surface area contributed by atoms with Gasteiger partial charge in [-0.1, -0.05) is 54.6 Å². The molecule has 160 valence electrons. The van der Waals surface area contributed by atoms with Crippen LogP contribution in [0.3, 0.4) is 0 Å². The van der Waals surface area contributed by atoms with E-state index in [2.05, 4.69) is 61.6 Å². The number of hydrogen-bond donors (Lipinski definition) is 1. The van der Waals surface area contributed by atoms with Crippen molar-refractivity contribution in [2.45, 2.75) is 25.8 Å². The first kappa shape index (κ1) is 21.5. The largest absolute Gasteiger partial charge is 0.496 e. The summed E-state index contributed by atoms with van der Waals surface area (Å²) in [7, 11) is 1.62. The van der Waals surface area contributed by atoms with Crippen LogP contribution in [0.2, 0.25) is 0 Å². The smallest absolute Gasteiger partial charge is 0.126 e. The molecule has 0 saturated heterocycles. The Morgan fingerprint density at radius 1 is 0.935 bits per heavy atom. The maximum atomic E-state index is 14.1. The molecule has 0 saturated carbocycles. The molecule has 1 heterocycles. The van der Waals surface area contributed by atoms with Crippen molar-refractivity contribution in [3.63, 3.8) is 0 Å². The Balaban J connectivity index is 1.61. The van der Waals surface area contributed by atoms with E-state index in [-0.39, 0.29) is 11.4 Å². The molecule has 3 aromatic rings. The summed E-state index contributed by atoms with van der Waals surface area (Å²) in [4.78, 5) is 0. The van der Waals surface area contributed by atoms with Crippen molar-refractivity contribution in [2.75, 3.05) is 23.9 Å². The predicted octanol–water partition coefficient (Wildman–Crippen LogP) is 7.06. The van der Waals surface area contributed by atoms with Gasteiger partial charge < -0.3 is 10.1 Å². The number of ether oxygens (including phenoxy) is 1. The normalized spacial score (nSPS) is 14.4. The monoisotopic (exact) mass is 433 g/mol. The molecule has 1 aliphatic heterocycles. The standard InChI is InChI=1S/C27H28FNOS/c1-27(2)17-20(18-31-15-14-19-8-5-4-6-9-19)22-10-7-11-23(26(22)29-27)24-16-21(28)12-13-25(24)30-3/h4-13,16-17,29H,14-15,18H2,1-3H3. The molecule has 0 aromatic heterocycles. The Labute approximate surface area is 188 Å². The van der Waals surface area contributed by atoms with Crippen molar-refractivity contribution in [2.24, 2.45) is 0 Å². The van der Waals surface area contributed by atoms with Gasteiger partial charge in [0, 0.05) is 22.4 Å². The van der Waals surface area contributed by atoms with E-state index in [9.17, 15) is 4.39 Å². The molecule has 0 bridgehead atoms. The predicted molar refractivity (Wildman–Crippen MR) is 132 cm³/mol. The summed E-state index contributed by atoms with van der Waals surface area (Å²) >= 11 is 1.95. The SMILES string of the molecule is COc1ccc(F)cc1-c1cccc2c1NC(C)(C)C=C2CSCCc1ccccc1. The van der Waals surface area contributed by atoms with Crippen LogP contribution >= 0.6 is 11.8 Å². The molecule has 1 aliphatic rings. The third-order valence-electron chi connectivity index (χ3n) is 5.48. The van der Waals surface area contributed by atoms with Gasteiger partial charge in [-0.15, -0.1) is 0 Å². The first-order chi connectivity index (χ1) is 15.0. The summed E-state index contributed by atoms with van der Waals surface area (Å²) in [5.74, 6) is 2.41. The van der Waals surface area contributed by atoms with E-state index in [0.717, 1.165) is 34.7 Å². The molecule has 2 nitrogen and oxygen atoms in total. The molecule has 0 fully saturated rings. The van der Waals surface area contributed by atoms with Crippen LogP contribution in [0.5, 0.6) is 5.75 Å². The summed E-state index contributed by atoms with van der Waals surface area (Å²) in [5, 5.41) is 3.66. The van der Waals surface area contributed by atoms with E-state index in [1.807, 2.05) is 23.9 Å². The Bertz CT molecular complexity index is 1090. The van der Waals surface area contributed by atoms with Crippen molar-refractivity contribution in [1.29, 1.82) is 0 Å². The van der Waals surface area contributed by atoms with Gasteiger partial charge in [0.2, 0.25) is 0 Å². The molecule has 0 aliphatic carbocycles. The van der Waals surface area contributed by atoms with E-state index in [1.165, 1.54) is 22.8 Å². The average Bonchev–Trinajstić information content (AvgIpc) is 2.76. The van der Waals surface area contributed by atoms with Gasteiger partial charge in [-0.3, -0.25) is 0 Å². The van der Waals surface area contributed by atoms with E-state index < -0.39 is 0 Å². The molecule has 4 rings (SSSR count). The zero-order valence-corrected chi connectivity index (χ0v) is 19.1. The molecule has 0 amide bonds. The first-order valence-electron chi connectivity index (χ1n) is 10.6. The fourth-order valence-electron chi connectivity index (χ4n) is 4.08. The number of benzene rings is 3. The number of rotatable bonds is 7. The Hall–Kier alpha value is -2.72. The van der Waals surface area contributed by atoms with Crippen molar-refractivity contribution in [3.8, 4) is 16.9 Å². The lowest BCUT2D eigenvalue weighted by Crippen LogP contribution is -2.32. The molecule has 0 radical (unpaired) electrons. The second-order valence-corrected chi connectivity index (χ2v) is 9.48. The minimum Gasteiger partial charge on any atom is -0.496 e. The highest BCUT2D eigenvalue weighted by atomic mass is 32.2. The minimum absolute atomic E-state index is 0.195. The van der Waals surface area contributed by atoms with Crippen LogP contribution in [0, 0.1) is 5.82 Å². The zero-order valence-electron chi connectivity index (χ0n) is 18.2. The van der Waals surface area contributed by atoms with E-state index >= 15 is 0 Å². The van der Waals surface area contributed by atoms with E-state index in [4.69, 9.17) is 4.74 Å². The number of halogens is 1. The maximum Gasteiger partial charge on any atom is 0.126 e. The summed E-state index contributed by atoms with van der Waals surface area (Å²) in [6.45, 7) is 4.34. The molecular weight excluding hydrogens is 405 g/mol. The van der Waals surface area contributed by atoms with Crippen LogP contribution < -0.4 is 10.1 Å². The van der Waals surface area contributed by atoms with Crippen molar-refractivity contribution in [1.82, 2.24) is 0 Å². The minimum atomic E-state index is -0.268. The number of fused-ring (bicyclic) bond motifs is 1. The topological polar surface area (TPSA) is 21.3 Å². The van der Waals surface area contributed by atoms with Crippen molar-refractivity contribution in [3.05, 3.63) is 89.8 Å². The highest BCUT2D eigenvalue weighted by Gasteiger charge is 2.27. The van der Waals surface area contributed by atoms with E-state index in [0.29, 0.717) is 5.75 Å². The highest BCUT2D eigenvalue weighted by molar-refractivity contribution is 7.99. The summed E-state index contributed by atoms with van der Waals surface area (Å²) < 4.78 is 19.6. The van der Waals surface area contributed by atoms with Gasteiger partial charge in [0.05, 0.1) is 18.3 Å². The summed E-state index contributed by atoms with van der Waals surface area (Å²) in [6.07, 6.45) is 3.38. The van der Waals surface area contributed by atoms with Gasteiger partial charge in [-0.05, 0) is 55.4 Å². The van der Waals surface area contributed by atoms with Crippen molar-refractivity contribution >= 4 is 23.0 Å². The van der Waals surface area contributed by atoms with Crippen LogP contribution in [0.15, 0.2) is 72.8 Å². The van der Waals surface area contributed by atoms with Crippen LogP contribution in [0.4, 0.5) is 10.1 Å². The lowest BCUT2D eigenvalue weighted by molar-refractivity contribution is 0.415. The maximum absolute atomic E-state index is 14.1. The first-order valence-corrected chi connectivity index (χ1v) is 11.7. The van der Waals surface area contributed by atoms with Gasteiger partial charge in [-0.25, -0.2) is 4.39 Å². The molecule has 31 heavy (non-hydrogen) atoms. The fraction of sp³-hybridized carbons (Fsp3) is 0.259. The van der Waals surface area contributed by atoms with Gasteiger partial charge in [0.1, 0.15) is 11.6 Å². The van der Waals surface area contributed by atoms with Crippen LogP contribution in [-0.2, 0) is 6.42 Å². The van der Waals surface area contributed by atoms with Gasteiger partial charge in [-0.2, -0.15) is 11.8 Å². The summed E-state index contributed by atoms with van der Waals surface area (Å²) in [6, 6.07) is 21.5. The Kier molecular flexibility index (Phi) is 6.38. The average molecular weight is 434 g/mol. The van der Waals surface area contributed by atoms with Crippen LogP contribution in [0.25, 0.3) is 16.7 Å². The van der Waals surface area contributed by atoms with Gasteiger partial charge in [0.15, 0.2) is 0 Å². The molecule has 4 heteroatoms. The second-order valence-electron chi connectivity index (χ2n) is 8.38. The Morgan fingerprint density at radius 2 is 1.71 bits per heavy atom. The summed E-state index contributed by atoms with van der Waals surface area (Å²) in [5.41, 5.74) is 6.43. The second kappa shape index (κ2) is 9.19. The number of hydrogen-bond acceptors (Lipinski definition) is 3. The lowest BCUT2D eigenvalue weighted by atomic mass is 9.87. The van der Waals surface area contributed by atoms with Gasteiger partial charge >= 0.3 is 0 Å². The number of methoxy groups -OCH3 is 1. The number of para-hydroxylation sites is 1. The molecule has 0 unspecified atom stereocenters. The van der Waals surface area contributed by atoms with Crippen molar-refractivity contribution < 1.29 is 9.13 Å². The van der Waals surface area contributed by atoms with E-state index in [1.54, 1.807) is 19.2 Å². The van der Waals surface area contributed by atoms with Crippen LogP contribution in [0.1, 0.15) is 25.0 Å². The fourth-order valence-corrected chi connectivity index (χ4v) is 5.06. The lowest BCUT2D eigenvalue weighted by Gasteiger charge is -2.34. The number of aryl methyl sites for hydroxylation is 1. The molecule has 3 aromatic carbocycles. The zero-order chi connectivity index (χ0) is 21.8. The third-order valence-corrected chi connectivity index (χ3v) is 6.49. The quantitative estimate of drug-likeness (QED) is 0.403. The Morgan fingerprint density at radius 3 is 2.48 bits per heavy atom. The number of anilines is 1. The molecular formula is C27H28FNOS.